The number of aromatic nitrogens is 2. The zero-order valence-electron chi connectivity index (χ0n) is 14.8. The molecule has 136 valence electrons. The molecule has 0 atom stereocenters. The van der Waals surface area contributed by atoms with Gasteiger partial charge in [-0.05, 0) is 67.7 Å². The average Bonchev–Trinajstić information content (AvgIpc) is 3.13. The first kappa shape index (κ1) is 16.2. The van der Waals surface area contributed by atoms with Gasteiger partial charge >= 0.3 is 6.03 Å². The van der Waals surface area contributed by atoms with E-state index in [0.717, 1.165) is 34.0 Å². The predicted molar refractivity (Wildman–Crippen MR) is 102 cm³/mol. The maximum atomic E-state index is 12.6. The molecule has 0 aromatic carbocycles. The van der Waals surface area contributed by atoms with Crippen molar-refractivity contribution in [2.75, 3.05) is 0 Å². The van der Waals surface area contributed by atoms with Gasteiger partial charge in [0.1, 0.15) is 5.69 Å². The Balaban J connectivity index is 1.25. The van der Waals surface area contributed by atoms with Gasteiger partial charge in [0.05, 0.1) is 17.1 Å². The van der Waals surface area contributed by atoms with Gasteiger partial charge < -0.3 is 10.6 Å². The molecule has 4 aliphatic rings. The molecular formula is C20H24N4OS. The van der Waals surface area contributed by atoms with Crippen LogP contribution in [0.3, 0.4) is 0 Å². The van der Waals surface area contributed by atoms with Crippen molar-refractivity contribution < 1.29 is 4.79 Å². The number of urea groups is 1. The first-order valence-electron chi connectivity index (χ1n) is 9.59. The van der Waals surface area contributed by atoms with Crippen LogP contribution >= 0.6 is 11.3 Å². The van der Waals surface area contributed by atoms with E-state index in [1.807, 2.05) is 17.5 Å². The summed E-state index contributed by atoms with van der Waals surface area (Å²) in [6.07, 6.45) is 11.0. The van der Waals surface area contributed by atoms with Crippen molar-refractivity contribution in [3.8, 4) is 10.6 Å². The number of carbonyl (C=O) groups is 1. The Labute approximate surface area is 157 Å². The number of carbonyl (C=O) groups excluding carboxylic acids is 1. The highest BCUT2D eigenvalue weighted by atomic mass is 32.1. The summed E-state index contributed by atoms with van der Waals surface area (Å²) in [6, 6.07) is 3.98. The molecule has 4 aliphatic carbocycles. The van der Waals surface area contributed by atoms with Gasteiger partial charge in [-0.3, -0.25) is 9.97 Å². The van der Waals surface area contributed by atoms with Gasteiger partial charge in [-0.2, -0.15) is 0 Å². The smallest absolute Gasteiger partial charge is 0.315 e. The zero-order chi connectivity index (χ0) is 17.6. The van der Waals surface area contributed by atoms with E-state index in [0.29, 0.717) is 6.54 Å². The zero-order valence-corrected chi connectivity index (χ0v) is 15.6. The second-order valence-corrected chi connectivity index (χ2v) is 9.28. The fourth-order valence-electron chi connectivity index (χ4n) is 5.83. The van der Waals surface area contributed by atoms with Crippen molar-refractivity contribution >= 4 is 17.4 Å². The van der Waals surface area contributed by atoms with Crippen LogP contribution < -0.4 is 10.6 Å². The Hall–Kier alpha value is -1.95. The maximum Gasteiger partial charge on any atom is 0.315 e. The summed E-state index contributed by atoms with van der Waals surface area (Å²) < 4.78 is 0. The van der Waals surface area contributed by atoms with Crippen LogP contribution in [0.25, 0.3) is 10.6 Å². The van der Waals surface area contributed by atoms with Gasteiger partial charge in [0.25, 0.3) is 0 Å². The topological polar surface area (TPSA) is 66.9 Å². The van der Waals surface area contributed by atoms with Gasteiger partial charge in [-0.1, -0.05) is 6.07 Å². The highest BCUT2D eigenvalue weighted by molar-refractivity contribution is 7.13. The fourth-order valence-corrected chi connectivity index (χ4v) is 6.57. The summed E-state index contributed by atoms with van der Waals surface area (Å²) >= 11 is 1.64. The minimum absolute atomic E-state index is 0.0395. The number of nitrogens with zero attached hydrogens (tertiary/aromatic N) is 2. The van der Waals surface area contributed by atoms with E-state index in [4.69, 9.17) is 0 Å². The predicted octanol–water partition coefficient (Wildman–Crippen LogP) is 3.97. The second kappa shape index (κ2) is 6.34. The molecule has 0 saturated heterocycles. The molecule has 0 unspecified atom stereocenters. The summed E-state index contributed by atoms with van der Waals surface area (Å²) in [5, 5.41) is 8.41. The Bertz CT molecular complexity index is 769. The fraction of sp³-hybridized carbons (Fsp3) is 0.550. The van der Waals surface area contributed by atoms with Crippen molar-refractivity contribution in [2.45, 2.75) is 50.6 Å². The van der Waals surface area contributed by atoms with Crippen LogP contribution in [-0.2, 0) is 6.54 Å². The molecule has 6 heteroatoms. The van der Waals surface area contributed by atoms with Crippen LogP contribution in [0.1, 0.15) is 44.2 Å². The molecule has 5 nitrogen and oxygen atoms in total. The molecule has 2 heterocycles. The van der Waals surface area contributed by atoms with E-state index >= 15 is 0 Å². The third-order valence-electron chi connectivity index (χ3n) is 6.36. The summed E-state index contributed by atoms with van der Waals surface area (Å²) in [5.74, 6) is 2.48. The van der Waals surface area contributed by atoms with Crippen LogP contribution in [0.5, 0.6) is 0 Å². The van der Waals surface area contributed by atoms with Crippen molar-refractivity contribution in [3.63, 3.8) is 0 Å². The van der Waals surface area contributed by atoms with Crippen LogP contribution in [0.4, 0.5) is 4.79 Å². The average molecular weight is 369 g/mol. The van der Waals surface area contributed by atoms with E-state index in [1.54, 1.807) is 23.7 Å². The van der Waals surface area contributed by atoms with Gasteiger partial charge in [-0.25, -0.2) is 4.79 Å². The van der Waals surface area contributed by atoms with Crippen molar-refractivity contribution in [1.82, 2.24) is 20.6 Å². The molecular weight excluding hydrogens is 344 g/mol. The molecule has 0 radical (unpaired) electrons. The lowest BCUT2D eigenvalue weighted by molar-refractivity contribution is -0.0135. The van der Waals surface area contributed by atoms with Crippen LogP contribution in [0.2, 0.25) is 0 Å². The molecule has 0 spiro atoms. The summed E-state index contributed by atoms with van der Waals surface area (Å²) in [7, 11) is 0. The van der Waals surface area contributed by atoms with Crippen LogP contribution in [-0.4, -0.2) is 21.5 Å². The third kappa shape index (κ3) is 3.00. The van der Waals surface area contributed by atoms with Gasteiger partial charge in [-0.15, -0.1) is 11.3 Å². The van der Waals surface area contributed by atoms with Crippen molar-refractivity contribution in [1.29, 1.82) is 0 Å². The van der Waals surface area contributed by atoms with E-state index in [1.165, 1.54) is 38.5 Å². The quantitative estimate of drug-likeness (QED) is 0.858. The lowest BCUT2D eigenvalue weighted by Gasteiger charge is -2.56. The van der Waals surface area contributed by atoms with Crippen molar-refractivity contribution in [2.24, 2.45) is 17.8 Å². The third-order valence-corrected chi connectivity index (χ3v) is 7.24. The van der Waals surface area contributed by atoms with Gasteiger partial charge in [0.15, 0.2) is 0 Å². The number of nitrogens with one attached hydrogen (secondary N) is 2. The number of hydrogen-bond donors (Lipinski definition) is 2. The van der Waals surface area contributed by atoms with E-state index < -0.39 is 0 Å². The monoisotopic (exact) mass is 368 g/mol. The number of rotatable bonds is 4. The Kier molecular flexibility index (Phi) is 3.96. The molecule has 4 fully saturated rings. The van der Waals surface area contributed by atoms with Gasteiger partial charge in [0, 0.05) is 17.9 Å². The van der Waals surface area contributed by atoms with Crippen LogP contribution in [0, 0.1) is 17.8 Å². The number of thiophene rings is 1. The second-order valence-electron chi connectivity index (χ2n) is 8.33. The molecule has 2 amide bonds. The minimum Gasteiger partial charge on any atom is -0.333 e. The molecule has 2 N–H and O–H groups in total. The molecule has 2 aromatic heterocycles. The SMILES string of the molecule is O=C(NCc1nccnc1-c1cccs1)NC12CC3CC(CC(C3)C1)C2. The summed E-state index contributed by atoms with van der Waals surface area (Å²) in [6.45, 7) is 0.402. The highest BCUT2D eigenvalue weighted by Crippen LogP contribution is 2.55. The number of amides is 2. The standard InChI is InChI=1S/C20H24N4OS/c25-19(24-20-9-13-6-14(10-20)8-15(7-13)11-20)23-12-16-18(22-4-3-21-16)17-2-1-5-26-17/h1-5,13-15H,6-12H2,(H2,23,24,25). The van der Waals surface area contributed by atoms with E-state index in [2.05, 4.69) is 20.6 Å². The lowest BCUT2D eigenvalue weighted by Crippen LogP contribution is -2.61. The molecule has 0 aliphatic heterocycles. The summed E-state index contributed by atoms with van der Waals surface area (Å²) in [5.41, 5.74) is 1.71. The molecule has 2 aromatic rings. The first-order chi connectivity index (χ1) is 12.7. The Morgan fingerprint density at radius 1 is 1.12 bits per heavy atom. The summed E-state index contributed by atoms with van der Waals surface area (Å²) in [4.78, 5) is 22.6. The number of hydrogen-bond acceptors (Lipinski definition) is 4. The van der Waals surface area contributed by atoms with E-state index in [9.17, 15) is 4.79 Å². The normalized spacial score (nSPS) is 31.8. The largest absolute Gasteiger partial charge is 0.333 e. The van der Waals surface area contributed by atoms with Crippen molar-refractivity contribution in [3.05, 3.63) is 35.6 Å². The minimum atomic E-state index is -0.0604. The molecule has 6 rings (SSSR count). The van der Waals surface area contributed by atoms with E-state index in [-0.39, 0.29) is 11.6 Å². The molecule has 4 bridgehead atoms. The maximum absolute atomic E-state index is 12.6. The lowest BCUT2D eigenvalue weighted by atomic mass is 9.53. The van der Waals surface area contributed by atoms with Gasteiger partial charge in [0.2, 0.25) is 0 Å². The highest BCUT2D eigenvalue weighted by Gasteiger charge is 2.51. The molecule has 26 heavy (non-hydrogen) atoms. The Morgan fingerprint density at radius 2 is 1.81 bits per heavy atom. The molecule has 4 saturated carbocycles. The van der Waals surface area contributed by atoms with Crippen LogP contribution in [0.15, 0.2) is 29.9 Å². The first-order valence-corrected chi connectivity index (χ1v) is 10.5. The Morgan fingerprint density at radius 3 is 2.46 bits per heavy atom.